The third-order valence-corrected chi connectivity index (χ3v) is 16.7. The average Bonchev–Trinajstić information content (AvgIpc) is 2.66. The van der Waals surface area contributed by atoms with E-state index in [0.717, 1.165) is 18.6 Å². The molecule has 6 heteroatoms. The summed E-state index contributed by atoms with van der Waals surface area (Å²) < 4.78 is 18.8. The van der Waals surface area contributed by atoms with E-state index in [2.05, 4.69) is 81.6 Å². The van der Waals surface area contributed by atoms with Gasteiger partial charge in [0.1, 0.15) is 0 Å². The van der Waals surface area contributed by atoms with Gasteiger partial charge in [0.2, 0.25) is 8.32 Å². The first-order valence-electron chi connectivity index (χ1n) is 11.5. The lowest BCUT2D eigenvalue weighted by molar-refractivity contribution is -0.141. The lowest BCUT2D eigenvalue weighted by atomic mass is 9.92. The maximum absolute atomic E-state index is 12.1. The molecule has 1 aliphatic carbocycles. The fourth-order valence-electron chi connectivity index (χ4n) is 3.42. The molecular weight excluding hydrogens is 408 g/mol. The molecule has 0 unspecified atom stereocenters. The van der Waals surface area contributed by atoms with Crippen LogP contribution in [0.3, 0.4) is 0 Å². The second kappa shape index (κ2) is 9.49. The van der Waals surface area contributed by atoms with Crippen LogP contribution in [0, 0.1) is 11.8 Å². The molecule has 176 valence electrons. The summed E-state index contributed by atoms with van der Waals surface area (Å²) in [4.78, 5) is 12.1. The Morgan fingerprint density at radius 2 is 1.47 bits per heavy atom. The molecule has 30 heavy (non-hydrogen) atoms. The van der Waals surface area contributed by atoms with Crippen molar-refractivity contribution >= 4 is 22.6 Å². The van der Waals surface area contributed by atoms with Crippen LogP contribution in [0.5, 0.6) is 0 Å². The average molecular weight is 457 g/mol. The Morgan fingerprint density at radius 1 is 0.967 bits per heavy atom. The van der Waals surface area contributed by atoms with Gasteiger partial charge in [0, 0.05) is 5.92 Å². The number of ether oxygens (including phenoxy) is 1. The van der Waals surface area contributed by atoms with E-state index in [4.69, 9.17) is 13.6 Å². The molecular formula is C24H48O4Si2. The third-order valence-electron chi connectivity index (χ3n) is 7.84. The maximum atomic E-state index is 12.1. The summed E-state index contributed by atoms with van der Waals surface area (Å²) in [7, 11) is -2.47. The predicted octanol–water partition coefficient (Wildman–Crippen LogP) is 7.28. The summed E-state index contributed by atoms with van der Waals surface area (Å²) >= 11 is 0. The molecule has 0 aliphatic heterocycles. The Kier molecular flexibility index (Phi) is 8.68. The largest absolute Gasteiger partial charge is 0.546 e. The molecule has 0 aromatic rings. The lowest BCUT2D eigenvalue weighted by Gasteiger charge is -2.43. The molecule has 0 aromatic heterocycles. The van der Waals surface area contributed by atoms with Gasteiger partial charge < -0.3 is 13.6 Å². The van der Waals surface area contributed by atoms with Crippen LogP contribution in [-0.4, -0.2) is 35.8 Å². The summed E-state index contributed by atoms with van der Waals surface area (Å²) in [5.41, 5.74) is 1.21. The summed E-state index contributed by atoms with van der Waals surface area (Å²) in [6, 6.07) is 0. The number of esters is 1. The number of methoxy groups -OCH3 is 1. The number of rotatable bonds is 6. The van der Waals surface area contributed by atoms with Crippen molar-refractivity contribution in [2.75, 3.05) is 7.11 Å². The molecule has 0 aromatic carbocycles. The zero-order valence-electron chi connectivity index (χ0n) is 22.0. The molecule has 0 spiro atoms. The monoisotopic (exact) mass is 456 g/mol. The molecule has 0 fully saturated rings. The van der Waals surface area contributed by atoms with Gasteiger partial charge in [0.15, 0.2) is 8.32 Å². The molecule has 0 bridgehead atoms. The van der Waals surface area contributed by atoms with Gasteiger partial charge in [-0.25, -0.2) is 0 Å². The lowest BCUT2D eigenvalue weighted by Crippen LogP contribution is -2.46. The van der Waals surface area contributed by atoms with Crippen LogP contribution >= 0.6 is 0 Å². The standard InChI is InChI=1S/C24H48O4Si2/c1-17-19(16-21(25)26-9)14-15-20(27-29(10,11)23(3,4)5)18(2)22(17)28-30(12,13)24(6,7)8/h18-20H,14-16H2,1-13H3/t18-,19+,20+/m0/s1. The quantitative estimate of drug-likeness (QED) is 0.311. The first-order valence-corrected chi connectivity index (χ1v) is 17.3. The Hall–Kier alpha value is -0.596. The summed E-state index contributed by atoms with van der Waals surface area (Å²) in [5, 5.41) is 0.267. The normalized spacial score (nSPS) is 24.5. The number of carbonyl (C=O) groups is 1. The summed E-state index contributed by atoms with van der Waals surface area (Å²) in [5.74, 6) is 1.24. The van der Waals surface area contributed by atoms with Gasteiger partial charge in [0.25, 0.3) is 0 Å². The van der Waals surface area contributed by atoms with Crippen molar-refractivity contribution in [3.63, 3.8) is 0 Å². The van der Waals surface area contributed by atoms with Crippen molar-refractivity contribution in [1.82, 2.24) is 0 Å². The highest BCUT2D eigenvalue weighted by Crippen LogP contribution is 2.45. The molecule has 0 radical (unpaired) electrons. The Labute approximate surface area is 188 Å². The van der Waals surface area contributed by atoms with E-state index in [1.807, 2.05) is 0 Å². The van der Waals surface area contributed by atoms with Gasteiger partial charge in [0.05, 0.1) is 25.4 Å². The summed E-state index contributed by atoms with van der Waals surface area (Å²) in [6.45, 7) is 27.3. The summed E-state index contributed by atoms with van der Waals surface area (Å²) in [6.07, 6.45) is 2.39. The van der Waals surface area contributed by atoms with Gasteiger partial charge >= 0.3 is 5.97 Å². The van der Waals surface area contributed by atoms with Crippen molar-refractivity contribution in [1.29, 1.82) is 0 Å². The van der Waals surface area contributed by atoms with Crippen molar-refractivity contribution in [3.05, 3.63) is 11.3 Å². The number of hydrogen-bond donors (Lipinski definition) is 0. The van der Waals surface area contributed by atoms with E-state index in [-0.39, 0.29) is 34.0 Å². The molecule has 3 atom stereocenters. The van der Waals surface area contributed by atoms with E-state index in [1.165, 1.54) is 12.7 Å². The van der Waals surface area contributed by atoms with Crippen LogP contribution in [-0.2, 0) is 18.4 Å². The zero-order valence-corrected chi connectivity index (χ0v) is 24.0. The minimum Gasteiger partial charge on any atom is -0.546 e. The SMILES string of the molecule is COC(=O)C[C@H]1CC[C@@H](O[Si](C)(C)C(C)(C)C)[C@H](C)C(O[Si](C)(C)C(C)(C)C)=C1C. The van der Waals surface area contributed by atoms with E-state index in [1.54, 1.807) is 0 Å². The second-order valence-electron chi connectivity index (χ2n) is 12.2. The highest BCUT2D eigenvalue weighted by Gasteiger charge is 2.45. The molecule has 0 saturated heterocycles. The van der Waals surface area contributed by atoms with E-state index < -0.39 is 16.6 Å². The van der Waals surface area contributed by atoms with E-state index in [0.29, 0.717) is 6.42 Å². The molecule has 0 saturated carbocycles. The fraction of sp³-hybridized carbons (Fsp3) is 0.875. The molecule has 0 heterocycles. The Balaban J connectivity index is 3.37. The van der Waals surface area contributed by atoms with Crippen molar-refractivity contribution in [2.45, 2.75) is 117 Å². The zero-order chi connectivity index (χ0) is 23.7. The van der Waals surface area contributed by atoms with Crippen LogP contribution in [0.2, 0.25) is 36.3 Å². The maximum Gasteiger partial charge on any atom is 0.306 e. The second-order valence-corrected chi connectivity index (χ2v) is 21.7. The van der Waals surface area contributed by atoms with Gasteiger partial charge in [-0.1, -0.05) is 48.5 Å². The van der Waals surface area contributed by atoms with Crippen molar-refractivity contribution in [2.24, 2.45) is 11.8 Å². The fourth-order valence-corrected chi connectivity index (χ4v) is 6.05. The van der Waals surface area contributed by atoms with E-state index >= 15 is 0 Å². The van der Waals surface area contributed by atoms with Crippen LogP contribution in [0.25, 0.3) is 0 Å². The van der Waals surface area contributed by atoms with E-state index in [9.17, 15) is 4.79 Å². The van der Waals surface area contributed by atoms with Crippen LogP contribution in [0.4, 0.5) is 0 Å². The highest BCUT2D eigenvalue weighted by molar-refractivity contribution is 6.74. The van der Waals surface area contributed by atoms with Gasteiger partial charge in [-0.3, -0.25) is 4.79 Å². The third kappa shape index (κ3) is 6.45. The van der Waals surface area contributed by atoms with Gasteiger partial charge in [-0.15, -0.1) is 0 Å². The minimum atomic E-state index is -2.02. The van der Waals surface area contributed by atoms with Crippen molar-refractivity contribution < 1.29 is 18.4 Å². The molecule has 0 amide bonds. The Bertz CT molecular complexity index is 639. The molecule has 4 nitrogen and oxygen atoms in total. The smallest absolute Gasteiger partial charge is 0.306 e. The topological polar surface area (TPSA) is 44.8 Å². The molecule has 1 aliphatic rings. The predicted molar refractivity (Wildman–Crippen MR) is 132 cm³/mol. The number of carbonyl (C=O) groups excluding carboxylic acids is 1. The minimum absolute atomic E-state index is 0.111. The molecule has 0 N–H and O–H groups in total. The van der Waals surface area contributed by atoms with Crippen LogP contribution in [0.1, 0.15) is 74.7 Å². The van der Waals surface area contributed by atoms with Gasteiger partial charge in [-0.2, -0.15) is 0 Å². The first kappa shape index (κ1) is 27.4. The highest BCUT2D eigenvalue weighted by atomic mass is 28.4. The number of hydrogen-bond acceptors (Lipinski definition) is 4. The Morgan fingerprint density at radius 3 is 1.90 bits per heavy atom. The first-order chi connectivity index (χ1) is 13.3. The van der Waals surface area contributed by atoms with Gasteiger partial charge in [-0.05, 0) is 67.5 Å². The van der Waals surface area contributed by atoms with Crippen molar-refractivity contribution in [3.8, 4) is 0 Å². The molecule has 1 rings (SSSR count). The van der Waals surface area contributed by atoms with Crippen LogP contribution in [0.15, 0.2) is 11.3 Å². The number of allylic oxidation sites excluding steroid dienone is 1. The van der Waals surface area contributed by atoms with Crippen LogP contribution < -0.4 is 0 Å².